The number of benzene rings is 3. The van der Waals surface area contributed by atoms with Crippen LogP contribution in [0.15, 0.2) is 93.8 Å². The Balaban J connectivity index is 0.000000219. The number of piperidine rings is 2. The van der Waals surface area contributed by atoms with Gasteiger partial charge in [-0.15, -0.1) is 6.58 Å². The molecule has 2 fully saturated rings. The predicted molar refractivity (Wildman–Crippen MR) is 190 cm³/mol. The number of aromatic nitrogens is 1. The highest BCUT2D eigenvalue weighted by Crippen LogP contribution is 2.26. The zero-order chi connectivity index (χ0) is 34.3. The summed E-state index contributed by atoms with van der Waals surface area (Å²) in [6.45, 7) is 8.84. The summed E-state index contributed by atoms with van der Waals surface area (Å²) in [5, 5.41) is 4.23. The van der Waals surface area contributed by atoms with Gasteiger partial charge in [0.05, 0.1) is 11.2 Å². The van der Waals surface area contributed by atoms with E-state index in [0.29, 0.717) is 28.6 Å². The third-order valence-electron chi connectivity index (χ3n) is 9.51. The van der Waals surface area contributed by atoms with Crippen molar-refractivity contribution in [3.05, 3.63) is 118 Å². The molecule has 7 rings (SSSR count). The minimum Gasteiger partial charge on any atom is -0.408 e. The number of halogens is 2. The van der Waals surface area contributed by atoms with Crippen molar-refractivity contribution in [1.82, 2.24) is 14.8 Å². The smallest absolute Gasteiger partial charge is 0.408 e. The molecule has 0 amide bonds. The number of H-pyrrole nitrogens is 1. The van der Waals surface area contributed by atoms with Crippen molar-refractivity contribution in [3.8, 4) is 0 Å². The number of carbonyl (C=O) groups excluding carboxylic acids is 2. The molecule has 3 aliphatic rings. The van der Waals surface area contributed by atoms with Crippen molar-refractivity contribution in [3.63, 3.8) is 0 Å². The first-order valence-corrected chi connectivity index (χ1v) is 16.8. The van der Waals surface area contributed by atoms with Gasteiger partial charge in [-0.3, -0.25) is 24.4 Å². The van der Waals surface area contributed by atoms with Crippen LogP contribution in [0.25, 0.3) is 11.1 Å². The van der Waals surface area contributed by atoms with E-state index < -0.39 is 5.76 Å². The van der Waals surface area contributed by atoms with E-state index in [9.17, 15) is 23.2 Å². The second-order valence-corrected chi connectivity index (χ2v) is 12.9. The molecule has 0 aliphatic carbocycles. The van der Waals surface area contributed by atoms with Crippen molar-refractivity contribution >= 4 is 28.4 Å². The van der Waals surface area contributed by atoms with Gasteiger partial charge >= 0.3 is 5.76 Å². The Morgan fingerprint density at radius 2 is 1.38 bits per heavy atom. The highest BCUT2D eigenvalue weighted by atomic mass is 19.1. The van der Waals surface area contributed by atoms with Gasteiger partial charge in [0.2, 0.25) is 0 Å². The molecule has 1 unspecified atom stereocenters. The van der Waals surface area contributed by atoms with Gasteiger partial charge in [0.1, 0.15) is 17.7 Å². The summed E-state index contributed by atoms with van der Waals surface area (Å²) >= 11 is 0. The lowest BCUT2D eigenvalue weighted by atomic mass is 9.88. The number of nitrogens with zero attached hydrogens (tertiary/aromatic N) is 3. The number of hydrogen-bond acceptors (Lipinski definition) is 8. The largest absolute Gasteiger partial charge is 0.417 e. The van der Waals surface area contributed by atoms with Gasteiger partial charge in [0, 0.05) is 48.0 Å². The minimum absolute atomic E-state index is 0. The molecule has 3 aliphatic heterocycles. The standard InChI is InChI=1S/C23H22FN3O4.C15H18FNO.CH4/c24-17-4-1-14(2-5-17)22(28)15-7-9-27(10-8-15)13-18-12-20(26-31-18)16-3-6-19-21(11-16)30-23(29)25-19;1-2-9-17-10-7-13(8-11-17)15(18)12-3-5-14(16)6-4-12;/h1-6,11,15,18H,7-10,12-13H2,(H,25,29);2-6,13H,1,7-11H2;1H4. The van der Waals surface area contributed by atoms with Crippen LogP contribution in [0.4, 0.5) is 8.78 Å². The average Bonchev–Trinajstić information content (AvgIpc) is 3.74. The molecule has 0 spiro atoms. The zero-order valence-electron chi connectivity index (χ0n) is 27.3. The highest BCUT2D eigenvalue weighted by molar-refractivity contribution is 6.03. The van der Waals surface area contributed by atoms with Crippen LogP contribution in [0.1, 0.15) is 65.8 Å². The van der Waals surface area contributed by atoms with Gasteiger partial charge in [-0.1, -0.05) is 24.7 Å². The number of Topliss-reactive ketones (excluding diaryl/α,β-unsaturated/α-hetero) is 2. The summed E-state index contributed by atoms with van der Waals surface area (Å²) in [4.78, 5) is 49.0. The van der Waals surface area contributed by atoms with Crippen LogP contribution in [-0.2, 0) is 4.84 Å². The Hall–Kier alpha value is -4.74. The predicted octanol–water partition coefficient (Wildman–Crippen LogP) is 6.89. The Bertz CT molecular complexity index is 1850. The van der Waals surface area contributed by atoms with Gasteiger partial charge in [-0.05, 0) is 113 Å². The molecule has 50 heavy (non-hydrogen) atoms. The summed E-state index contributed by atoms with van der Waals surface area (Å²) < 4.78 is 31.0. The van der Waals surface area contributed by atoms with E-state index in [-0.39, 0.29) is 48.6 Å². The molecule has 264 valence electrons. The quantitative estimate of drug-likeness (QED) is 0.151. The SMILES string of the molecule is C.C=CCN1CCC(C(=O)c2ccc(F)cc2)CC1.O=C(c1ccc(F)cc1)C1CCN(CC2CC(c3ccc4[nH]c(=O)oc4c3)=NO2)CC1. The normalized spacial score (nSPS) is 18.8. The molecule has 0 radical (unpaired) electrons. The maximum absolute atomic E-state index is 13.1. The zero-order valence-corrected chi connectivity index (χ0v) is 27.3. The maximum Gasteiger partial charge on any atom is 0.417 e. The number of ketones is 2. The molecule has 2 saturated heterocycles. The van der Waals surface area contributed by atoms with Gasteiger partial charge in [-0.2, -0.15) is 0 Å². The van der Waals surface area contributed by atoms with Crippen molar-refractivity contribution < 1.29 is 27.6 Å². The molecular formula is C39H44F2N4O5. The summed E-state index contributed by atoms with van der Waals surface area (Å²) in [6, 6.07) is 17.1. The van der Waals surface area contributed by atoms with Crippen LogP contribution in [0.2, 0.25) is 0 Å². The Morgan fingerprint density at radius 1 is 0.840 bits per heavy atom. The lowest BCUT2D eigenvalue weighted by molar-refractivity contribution is 0.0410. The molecule has 4 aromatic rings. The number of aromatic amines is 1. The molecule has 4 heterocycles. The Kier molecular flexibility index (Phi) is 12.3. The van der Waals surface area contributed by atoms with E-state index in [4.69, 9.17) is 9.25 Å². The topological polar surface area (TPSA) is 108 Å². The van der Waals surface area contributed by atoms with E-state index in [1.54, 1.807) is 36.4 Å². The van der Waals surface area contributed by atoms with E-state index in [0.717, 1.165) is 76.2 Å². The monoisotopic (exact) mass is 686 g/mol. The fourth-order valence-electron chi connectivity index (χ4n) is 6.75. The molecule has 3 aromatic carbocycles. The fraction of sp³-hybridized carbons (Fsp3) is 0.385. The minimum atomic E-state index is -0.476. The third-order valence-corrected chi connectivity index (χ3v) is 9.51. The maximum atomic E-state index is 13.1. The molecule has 0 bridgehead atoms. The van der Waals surface area contributed by atoms with Crippen molar-refractivity contribution in [2.75, 3.05) is 39.3 Å². The fourth-order valence-corrected chi connectivity index (χ4v) is 6.75. The number of carbonyl (C=O) groups is 2. The first-order valence-electron chi connectivity index (χ1n) is 16.8. The first-order chi connectivity index (χ1) is 23.7. The van der Waals surface area contributed by atoms with Crippen LogP contribution in [0.3, 0.4) is 0 Å². The molecular weight excluding hydrogens is 642 g/mol. The third kappa shape index (κ3) is 9.08. The molecule has 1 aromatic heterocycles. The van der Waals surface area contributed by atoms with Crippen LogP contribution in [0.5, 0.6) is 0 Å². The van der Waals surface area contributed by atoms with Crippen LogP contribution >= 0.6 is 0 Å². The molecule has 11 heteroatoms. The summed E-state index contributed by atoms with van der Waals surface area (Å²) in [7, 11) is 0. The highest BCUT2D eigenvalue weighted by Gasteiger charge is 2.30. The first kappa shape index (κ1) is 36.5. The van der Waals surface area contributed by atoms with E-state index in [1.165, 1.54) is 24.3 Å². The summed E-state index contributed by atoms with van der Waals surface area (Å²) in [5.74, 6) is -0.815. The number of fused-ring (bicyclic) bond motifs is 1. The van der Waals surface area contributed by atoms with Crippen LogP contribution in [-0.4, -0.2) is 77.4 Å². The van der Waals surface area contributed by atoms with Gasteiger partial charge in [0.15, 0.2) is 17.1 Å². The Labute approximate surface area is 290 Å². The summed E-state index contributed by atoms with van der Waals surface area (Å²) in [5.41, 5.74) is 4.06. The van der Waals surface area contributed by atoms with Crippen molar-refractivity contribution in [2.45, 2.75) is 45.6 Å². The lowest BCUT2D eigenvalue weighted by Crippen LogP contribution is -2.40. The van der Waals surface area contributed by atoms with E-state index in [1.807, 2.05) is 12.1 Å². The van der Waals surface area contributed by atoms with Crippen molar-refractivity contribution in [1.29, 1.82) is 0 Å². The van der Waals surface area contributed by atoms with E-state index in [2.05, 4.69) is 26.5 Å². The lowest BCUT2D eigenvalue weighted by Gasteiger charge is -2.32. The molecule has 9 nitrogen and oxygen atoms in total. The number of hydrogen-bond donors (Lipinski definition) is 1. The van der Waals surface area contributed by atoms with E-state index >= 15 is 0 Å². The second-order valence-electron chi connectivity index (χ2n) is 12.9. The van der Waals surface area contributed by atoms with Gasteiger partial charge < -0.3 is 9.25 Å². The number of rotatable bonds is 9. The number of oxime groups is 1. The molecule has 1 N–H and O–H groups in total. The molecule has 1 atom stereocenters. The van der Waals surface area contributed by atoms with Crippen LogP contribution < -0.4 is 5.76 Å². The second kappa shape index (κ2) is 16.8. The summed E-state index contributed by atoms with van der Waals surface area (Å²) in [6.07, 6.45) is 5.83. The van der Waals surface area contributed by atoms with Crippen LogP contribution in [0, 0.1) is 23.5 Å². The Morgan fingerprint density at radius 3 is 1.92 bits per heavy atom. The van der Waals surface area contributed by atoms with Crippen molar-refractivity contribution in [2.24, 2.45) is 17.0 Å². The number of oxazole rings is 1. The number of nitrogens with one attached hydrogen (secondary N) is 1. The molecule has 0 saturated carbocycles. The van der Waals surface area contributed by atoms with Gasteiger partial charge in [-0.25, -0.2) is 13.6 Å². The number of likely N-dealkylation sites (tertiary alicyclic amines) is 2. The van der Waals surface area contributed by atoms with Gasteiger partial charge in [0.25, 0.3) is 0 Å². The average molecular weight is 687 g/mol.